The van der Waals surface area contributed by atoms with Gasteiger partial charge in [0.15, 0.2) is 0 Å². The second-order valence-electron chi connectivity index (χ2n) is 4.61. The highest BCUT2D eigenvalue weighted by atomic mass is 16.1. The van der Waals surface area contributed by atoms with E-state index in [0.29, 0.717) is 11.4 Å². The molecule has 0 saturated heterocycles. The third kappa shape index (κ3) is 3.32. The Morgan fingerprint density at radius 3 is 2.80 bits per heavy atom. The van der Waals surface area contributed by atoms with Crippen molar-refractivity contribution in [1.82, 2.24) is 15.3 Å². The molecule has 104 valence electrons. The molecule has 0 saturated carbocycles. The van der Waals surface area contributed by atoms with Gasteiger partial charge >= 0.3 is 0 Å². The number of nitrogens with zero attached hydrogens (tertiary/aromatic N) is 2. The molecule has 2 aromatic rings. The summed E-state index contributed by atoms with van der Waals surface area (Å²) in [6, 6.07) is 7.20. The summed E-state index contributed by atoms with van der Waals surface area (Å²) in [5.74, 6) is 0.563. The zero-order chi connectivity index (χ0) is 14.5. The second-order valence-corrected chi connectivity index (χ2v) is 4.61. The molecule has 0 bridgehead atoms. The van der Waals surface area contributed by atoms with Gasteiger partial charge in [-0.2, -0.15) is 0 Å². The van der Waals surface area contributed by atoms with Gasteiger partial charge in [-0.05, 0) is 37.6 Å². The lowest BCUT2D eigenvalue weighted by Crippen LogP contribution is -2.27. The minimum absolute atomic E-state index is 0.0947. The van der Waals surface area contributed by atoms with Crippen LogP contribution in [0.5, 0.6) is 0 Å². The van der Waals surface area contributed by atoms with Crippen LogP contribution in [0.1, 0.15) is 34.6 Å². The van der Waals surface area contributed by atoms with Crippen LogP contribution in [0.2, 0.25) is 0 Å². The average molecular weight is 270 g/mol. The van der Waals surface area contributed by atoms with E-state index in [-0.39, 0.29) is 11.9 Å². The number of rotatable bonds is 4. The minimum atomic E-state index is -0.122. The van der Waals surface area contributed by atoms with Gasteiger partial charge in [0.05, 0.1) is 6.04 Å². The molecule has 0 spiro atoms. The van der Waals surface area contributed by atoms with E-state index >= 15 is 0 Å². The first-order valence-electron chi connectivity index (χ1n) is 6.47. The standard InChI is InChI=1S/C15H18N4O/c1-10-7-13(8-14(16-3)18-10)15(20)19-11(2)12-5-4-6-17-9-12/h4-9,11H,1-3H3,(H,16,18)(H,19,20). The molecule has 1 atom stereocenters. The fraction of sp³-hybridized carbons (Fsp3) is 0.267. The van der Waals surface area contributed by atoms with E-state index in [1.165, 1.54) is 0 Å². The summed E-state index contributed by atoms with van der Waals surface area (Å²) < 4.78 is 0. The third-order valence-electron chi connectivity index (χ3n) is 3.00. The highest BCUT2D eigenvalue weighted by molar-refractivity contribution is 5.95. The van der Waals surface area contributed by atoms with E-state index in [4.69, 9.17) is 0 Å². The summed E-state index contributed by atoms with van der Waals surface area (Å²) in [5.41, 5.74) is 2.37. The number of anilines is 1. The van der Waals surface area contributed by atoms with Crippen molar-refractivity contribution in [3.8, 4) is 0 Å². The molecule has 1 amide bonds. The number of hydrogen-bond donors (Lipinski definition) is 2. The molecule has 2 aromatic heterocycles. The van der Waals surface area contributed by atoms with Crippen molar-refractivity contribution in [3.05, 3.63) is 53.5 Å². The summed E-state index contributed by atoms with van der Waals surface area (Å²) in [7, 11) is 1.78. The average Bonchev–Trinajstić information content (AvgIpc) is 2.47. The zero-order valence-corrected chi connectivity index (χ0v) is 11.8. The van der Waals surface area contributed by atoms with E-state index in [0.717, 1.165) is 11.3 Å². The van der Waals surface area contributed by atoms with Gasteiger partial charge in [0.1, 0.15) is 5.82 Å². The maximum absolute atomic E-state index is 12.3. The number of nitrogens with one attached hydrogen (secondary N) is 2. The minimum Gasteiger partial charge on any atom is -0.373 e. The van der Waals surface area contributed by atoms with Crippen molar-refractivity contribution < 1.29 is 4.79 Å². The molecule has 0 radical (unpaired) electrons. The quantitative estimate of drug-likeness (QED) is 0.894. The molecule has 0 aliphatic heterocycles. The van der Waals surface area contributed by atoms with E-state index in [1.807, 2.05) is 26.0 Å². The molecule has 1 unspecified atom stereocenters. The van der Waals surface area contributed by atoms with E-state index < -0.39 is 0 Å². The van der Waals surface area contributed by atoms with Crippen LogP contribution in [0.4, 0.5) is 5.82 Å². The van der Waals surface area contributed by atoms with Crippen LogP contribution in [0, 0.1) is 6.92 Å². The summed E-state index contributed by atoms with van der Waals surface area (Å²) in [4.78, 5) is 20.6. The molecule has 2 rings (SSSR count). The van der Waals surface area contributed by atoms with Crippen LogP contribution >= 0.6 is 0 Å². The first-order chi connectivity index (χ1) is 9.60. The Kier molecular flexibility index (Phi) is 4.30. The van der Waals surface area contributed by atoms with Gasteiger partial charge in [-0.3, -0.25) is 9.78 Å². The molecule has 0 aromatic carbocycles. The van der Waals surface area contributed by atoms with Gasteiger partial charge in [-0.15, -0.1) is 0 Å². The Hall–Kier alpha value is -2.43. The maximum atomic E-state index is 12.3. The maximum Gasteiger partial charge on any atom is 0.251 e. The van der Waals surface area contributed by atoms with Crippen LogP contribution < -0.4 is 10.6 Å². The van der Waals surface area contributed by atoms with Crippen molar-refractivity contribution in [2.24, 2.45) is 0 Å². The molecule has 2 heterocycles. The monoisotopic (exact) mass is 270 g/mol. The SMILES string of the molecule is CNc1cc(C(=O)NC(C)c2cccnc2)cc(C)n1. The molecule has 0 fully saturated rings. The second kappa shape index (κ2) is 6.14. The molecule has 5 heteroatoms. The first kappa shape index (κ1) is 14.0. The van der Waals surface area contributed by atoms with Crippen LogP contribution in [0.15, 0.2) is 36.7 Å². The molecule has 0 aliphatic carbocycles. The van der Waals surface area contributed by atoms with Gasteiger partial charge in [0, 0.05) is 30.7 Å². The molecular formula is C15H18N4O. The van der Waals surface area contributed by atoms with Crippen LogP contribution in [-0.2, 0) is 0 Å². The smallest absolute Gasteiger partial charge is 0.251 e. The normalized spacial score (nSPS) is 11.8. The predicted molar refractivity (Wildman–Crippen MR) is 78.6 cm³/mol. The number of pyridine rings is 2. The summed E-state index contributed by atoms with van der Waals surface area (Å²) in [5, 5.41) is 5.90. The fourth-order valence-corrected chi connectivity index (χ4v) is 1.92. The number of amides is 1. The van der Waals surface area contributed by atoms with E-state index in [2.05, 4.69) is 20.6 Å². The fourth-order valence-electron chi connectivity index (χ4n) is 1.92. The largest absolute Gasteiger partial charge is 0.373 e. The van der Waals surface area contributed by atoms with E-state index in [1.54, 1.807) is 31.6 Å². The molecule has 0 aliphatic rings. The van der Waals surface area contributed by atoms with Crippen molar-refractivity contribution in [1.29, 1.82) is 0 Å². The van der Waals surface area contributed by atoms with Crippen molar-refractivity contribution in [3.63, 3.8) is 0 Å². The van der Waals surface area contributed by atoms with Crippen LogP contribution in [-0.4, -0.2) is 22.9 Å². The van der Waals surface area contributed by atoms with E-state index in [9.17, 15) is 4.79 Å². The Morgan fingerprint density at radius 1 is 1.35 bits per heavy atom. The van der Waals surface area contributed by atoms with Gasteiger partial charge in [-0.25, -0.2) is 4.98 Å². The summed E-state index contributed by atoms with van der Waals surface area (Å²) in [6.45, 7) is 3.80. The number of aromatic nitrogens is 2. The number of carbonyl (C=O) groups excluding carboxylic acids is 1. The third-order valence-corrected chi connectivity index (χ3v) is 3.00. The first-order valence-corrected chi connectivity index (χ1v) is 6.47. The number of hydrogen-bond acceptors (Lipinski definition) is 4. The van der Waals surface area contributed by atoms with Crippen molar-refractivity contribution in [2.75, 3.05) is 12.4 Å². The highest BCUT2D eigenvalue weighted by Gasteiger charge is 2.12. The Bertz CT molecular complexity index is 598. The topological polar surface area (TPSA) is 66.9 Å². The van der Waals surface area contributed by atoms with Gasteiger partial charge < -0.3 is 10.6 Å². The summed E-state index contributed by atoms with van der Waals surface area (Å²) >= 11 is 0. The Balaban J connectivity index is 2.14. The highest BCUT2D eigenvalue weighted by Crippen LogP contribution is 2.13. The number of carbonyl (C=O) groups is 1. The van der Waals surface area contributed by atoms with Crippen LogP contribution in [0.3, 0.4) is 0 Å². The Morgan fingerprint density at radius 2 is 2.15 bits per heavy atom. The molecule has 5 nitrogen and oxygen atoms in total. The zero-order valence-electron chi connectivity index (χ0n) is 11.8. The summed E-state index contributed by atoms with van der Waals surface area (Å²) in [6.07, 6.45) is 3.46. The molecule has 20 heavy (non-hydrogen) atoms. The molecule has 2 N–H and O–H groups in total. The van der Waals surface area contributed by atoms with Gasteiger partial charge in [0.2, 0.25) is 0 Å². The van der Waals surface area contributed by atoms with Crippen LogP contribution in [0.25, 0.3) is 0 Å². The lowest BCUT2D eigenvalue weighted by molar-refractivity contribution is 0.0939. The Labute approximate surface area is 118 Å². The van der Waals surface area contributed by atoms with Gasteiger partial charge in [0.25, 0.3) is 5.91 Å². The lowest BCUT2D eigenvalue weighted by atomic mass is 10.1. The number of aryl methyl sites for hydroxylation is 1. The molecular weight excluding hydrogens is 252 g/mol. The lowest BCUT2D eigenvalue weighted by Gasteiger charge is -2.14. The van der Waals surface area contributed by atoms with Crippen molar-refractivity contribution in [2.45, 2.75) is 19.9 Å². The van der Waals surface area contributed by atoms with Crippen molar-refractivity contribution >= 4 is 11.7 Å². The van der Waals surface area contributed by atoms with Gasteiger partial charge in [-0.1, -0.05) is 6.07 Å². The predicted octanol–water partition coefficient (Wildman–Crippen LogP) is 2.32.